The summed E-state index contributed by atoms with van der Waals surface area (Å²) in [4.78, 5) is 10.5. The maximum atomic E-state index is 5.27. The van der Waals surface area contributed by atoms with Gasteiger partial charge in [-0.15, -0.1) is 22.7 Å². The molecular weight excluding hydrogens is 597 g/mol. The van der Waals surface area contributed by atoms with E-state index in [0.29, 0.717) is 0 Å². The highest BCUT2D eigenvalue weighted by molar-refractivity contribution is 7.26. The Balaban J connectivity index is 1.08. The van der Waals surface area contributed by atoms with E-state index in [-0.39, 0.29) is 0 Å². The average molecular weight is 621 g/mol. The molecule has 0 fully saturated rings. The quantitative estimate of drug-likeness (QED) is 0.184. The van der Waals surface area contributed by atoms with E-state index in [0.717, 1.165) is 44.3 Å². The largest absolute Gasteiger partial charge is 0.245 e. The van der Waals surface area contributed by atoms with Crippen molar-refractivity contribution >= 4 is 84.8 Å². The summed E-state index contributed by atoms with van der Waals surface area (Å²) in [7, 11) is 0. The average Bonchev–Trinajstić information content (AvgIpc) is 3.70. The minimum Gasteiger partial charge on any atom is -0.245 e. The molecule has 0 radical (unpaired) electrons. The monoisotopic (exact) mass is 620 g/mol. The van der Waals surface area contributed by atoms with Crippen LogP contribution in [-0.2, 0) is 0 Å². The number of hydrogen-bond donors (Lipinski definition) is 0. The number of nitrogens with zero attached hydrogens (tertiary/aromatic N) is 2. The number of hydrogen-bond acceptors (Lipinski definition) is 4. The normalized spacial score (nSPS) is 11.9. The lowest BCUT2D eigenvalue weighted by Gasteiger charge is -2.09. The molecule has 0 N–H and O–H groups in total. The second kappa shape index (κ2) is 10.0. The van der Waals surface area contributed by atoms with Crippen molar-refractivity contribution in [3.05, 3.63) is 146 Å². The van der Waals surface area contributed by atoms with E-state index in [2.05, 4.69) is 146 Å². The molecule has 0 spiro atoms. The molecule has 10 aromatic rings. The molecule has 4 heteroatoms. The first-order valence-electron chi connectivity index (χ1n) is 15.4. The molecule has 0 atom stereocenters. The molecule has 0 amide bonds. The third-order valence-corrected chi connectivity index (χ3v) is 11.5. The van der Waals surface area contributed by atoms with Crippen LogP contribution >= 0.6 is 22.7 Å². The van der Waals surface area contributed by atoms with Gasteiger partial charge in [0.05, 0.1) is 22.4 Å². The molecule has 0 bridgehead atoms. The Morgan fingerprint density at radius 1 is 0.348 bits per heavy atom. The van der Waals surface area contributed by atoms with Gasteiger partial charge in [-0.05, 0) is 35.4 Å². The third-order valence-electron chi connectivity index (χ3n) is 9.10. The van der Waals surface area contributed by atoms with Crippen molar-refractivity contribution in [2.24, 2.45) is 0 Å². The lowest BCUT2D eigenvalue weighted by atomic mass is 10.00. The molecule has 0 aliphatic carbocycles. The van der Waals surface area contributed by atoms with Crippen molar-refractivity contribution in [3.63, 3.8) is 0 Å². The Morgan fingerprint density at radius 3 is 1.48 bits per heavy atom. The number of rotatable bonds is 3. The standard InChI is InChI=1S/C42H24N2S2/c1-3-13-37-30(7-1)32-10-5-9-29(41(32)45-37)25-15-17-26(18-16-25)35-23-21-27-19-20-28-22-24-36(44-40(28)39(27)43-35)34-12-6-11-33-31-8-2-4-14-38(31)46-42(33)34/h1-24H. The van der Waals surface area contributed by atoms with E-state index in [1.807, 2.05) is 22.7 Å². The van der Waals surface area contributed by atoms with E-state index in [4.69, 9.17) is 9.97 Å². The van der Waals surface area contributed by atoms with Crippen molar-refractivity contribution in [3.8, 4) is 33.6 Å². The summed E-state index contributed by atoms with van der Waals surface area (Å²) in [6.07, 6.45) is 0. The van der Waals surface area contributed by atoms with E-state index in [1.165, 1.54) is 51.5 Å². The third kappa shape index (κ3) is 3.94. The van der Waals surface area contributed by atoms with Crippen LogP contribution in [0.1, 0.15) is 0 Å². The van der Waals surface area contributed by atoms with Crippen LogP contribution < -0.4 is 0 Å². The van der Waals surface area contributed by atoms with Crippen LogP contribution in [0.25, 0.3) is 95.8 Å². The van der Waals surface area contributed by atoms with Crippen LogP contribution in [0.3, 0.4) is 0 Å². The molecular formula is C42H24N2S2. The van der Waals surface area contributed by atoms with Crippen LogP contribution in [0.4, 0.5) is 0 Å². The molecule has 0 saturated heterocycles. The second-order valence-corrected chi connectivity index (χ2v) is 13.8. The zero-order valence-corrected chi connectivity index (χ0v) is 26.2. The lowest BCUT2D eigenvalue weighted by molar-refractivity contribution is 1.37. The van der Waals surface area contributed by atoms with Crippen LogP contribution in [0.2, 0.25) is 0 Å². The summed E-state index contributed by atoms with van der Waals surface area (Å²) in [5, 5.41) is 7.41. The van der Waals surface area contributed by atoms with Crippen molar-refractivity contribution in [2.45, 2.75) is 0 Å². The summed E-state index contributed by atoms with van der Waals surface area (Å²) in [6.45, 7) is 0. The number of benzene rings is 6. The molecule has 0 aliphatic rings. The first-order chi connectivity index (χ1) is 22.8. The van der Waals surface area contributed by atoms with Crippen LogP contribution in [0, 0.1) is 0 Å². The zero-order valence-electron chi connectivity index (χ0n) is 24.6. The van der Waals surface area contributed by atoms with Gasteiger partial charge in [-0.1, -0.05) is 121 Å². The Morgan fingerprint density at radius 2 is 0.826 bits per heavy atom. The fourth-order valence-electron chi connectivity index (χ4n) is 6.82. The SMILES string of the molecule is c1ccc2c(c1)sc1c(-c3ccc(-c4ccc5ccc6ccc(-c7cccc8c7sc7ccccc78)nc6c5n4)cc3)cccc12. The molecule has 46 heavy (non-hydrogen) atoms. The Labute approximate surface area is 272 Å². The van der Waals surface area contributed by atoms with Gasteiger partial charge in [0.2, 0.25) is 0 Å². The van der Waals surface area contributed by atoms with Crippen molar-refractivity contribution < 1.29 is 0 Å². The molecule has 4 heterocycles. The number of aromatic nitrogens is 2. The minimum absolute atomic E-state index is 0.930. The van der Waals surface area contributed by atoms with Gasteiger partial charge in [0.15, 0.2) is 0 Å². The Hall–Kier alpha value is -5.42. The van der Waals surface area contributed by atoms with Crippen molar-refractivity contribution in [1.29, 1.82) is 0 Å². The molecule has 2 nitrogen and oxygen atoms in total. The van der Waals surface area contributed by atoms with Gasteiger partial charge in [-0.2, -0.15) is 0 Å². The van der Waals surface area contributed by atoms with Gasteiger partial charge in [0.1, 0.15) is 0 Å². The minimum atomic E-state index is 0.930. The molecule has 214 valence electrons. The highest BCUT2D eigenvalue weighted by atomic mass is 32.1. The first kappa shape index (κ1) is 25.9. The van der Waals surface area contributed by atoms with Gasteiger partial charge < -0.3 is 0 Å². The fourth-order valence-corrected chi connectivity index (χ4v) is 9.29. The van der Waals surface area contributed by atoms with Crippen molar-refractivity contribution in [1.82, 2.24) is 9.97 Å². The van der Waals surface area contributed by atoms with Gasteiger partial charge in [0.25, 0.3) is 0 Å². The smallest absolute Gasteiger partial charge is 0.0972 e. The van der Waals surface area contributed by atoms with E-state index >= 15 is 0 Å². The topological polar surface area (TPSA) is 25.8 Å². The summed E-state index contributed by atoms with van der Waals surface area (Å²) in [5.74, 6) is 0. The van der Waals surface area contributed by atoms with Crippen LogP contribution in [0.15, 0.2) is 146 Å². The van der Waals surface area contributed by atoms with Crippen molar-refractivity contribution in [2.75, 3.05) is 0 Å². The molecule has 0 aliphatic heterocycles. The van der Waals surface area contributed by atoms with Gasteiger partial charge >= 0.3 is 0 Å². The van der Waals surface area contributed by atoms with Gasteiger partial charge in [-0.25, -0.2) is 9.97 Å². The molecule has 0 saturated carbocycles. The molecule has 4 aromatic heterocycles. The van der Waals surface area contributed by atoms with E-state index < -0.39 is 0 Å². The van der Waals surface area contributed by atoms with Crippen LogP contribution in [-0.4, -0.2) is 9.97 Å². The maximum Gasteiger partial charge on any atom is 0.0972 e. The number of fused-ring (bicyclic) bond motifs is 9. The summed E-state index contributed by atoms with van der Waals surface area (Å²) in [6, 6.07) is 52.3. The Bertz CT molecular complexity index is 2810. The first-order valence-corrected chi connectivity index (χ1v) is 17.0. The van der Waals surface area contributed by atoms with E-state index in [1.54, 1.807) is 0 Å². The highest BCUT2D eigenvalue weighted by Gasteiger charge is 2.14. The highest BCUT2D eigenvalue weighted by Crippen LogP contribution is 2.41. The van der Waals surface area contributed by atoms with Crippen LogP contribution in [0.5, 0.6) is 0 Å². The predicted octanol–water partition coefficient (Wildman–Crippen LogP) is 12.5. The molecule has 10 rings (SSSR count). The summed E-state index contributed by atoms with van der Waals surface area (Å²) >= 11 is 3.71. The number of pyridine rings is 2. The fraction of sp³-hybridized carbons (Fsp3) is 0. The second-order valence-electron chi connectivity index (χ2n) is 11.7. The van der Waals surface area contributed by atoms with E-state index in [9.17, 15) is 0 Å². The maximum absolute atomic E-state index is 5.27. The molecule has 6 aromatic carbocycles. The van der Waals surface area contributed by atoms with Gasteiger partial charge in [-0.3, -0.25) is 0 Å². The zero-order chi connectivity index (χ0) is 30.2. The predicted molar refractivity (Wildman–Crippen MR) is 199 cm³/mol. The number of thiophene rings is 2. The lowest BCUT2D eigenvalue weighted by Crippen LogP contribution is -1.91. The Kier molecular flexibility index (Phi) is 5.65. The van der Waals surface area contributed by atoms with Gasteiger partial charge in [0, 0.05) is 62.2 Å². The summed E-state index contributed by atoms with van der Waals surface area (Å²) in [5.41, 5.74) is 8.54. The summed E-state index contributed by atoms with van der Waals surface area (Å²) < 4.78 is 5.23. The molecule has 0 unspecified atom stereocenters.